The van der Waals surface area contributed by atoms with Crippen molar-refractivity contribution in [2.75, 3.05) is 7.05 Å². The van der Waals surface area contributed by atoms with Gasteiger partial charge in [-0.2, -0.15) is 0 Å². The number of furan rings is 1. The Morgan fingerprint density at radius 2 is 1.80 bits per heavy atom. The van der Waals surface area contributed by atoms with Gasteiger partial charge in [0.1, 0.15) is 11.6 Å². The average molecular weight is 298 g/mol. The van der Waals surface area contributed by atoms with Crippen LogP contribution in [0.2, 0.25) is 0 Å². The highest BCUT2D eigenvalue weighted by atomic mass is 32.2. The molecule has 0 bridgehead atoms. The van der Waals surface area contributed by atoms with Crippen LogP contribution in [0.15, 0.2) is 45.9 Å². The molecular weight excluding hydrogens is 283 g/mol. The molecule has 7 heteroatoms. The number of hydrogen-bond acceptors (Lipinski definition) is 4. The predicted octanol–water partition coefficient (Wildman–Crippen LogP) is 1.62. The quantitative estimate of drug-likeness (QED) is 0.850. The third kappa shape index (κ3) is 3.66. The molecule has 0 aliphatic heterocycles. The molecule has 5 nitrogen and oxygen atoms in total. The maximum Gasteiger partial charge on any atom is 0.274 e. The van der Waals surface area contributed by atoms with Crippen LogP contribution in [-0.2, 0) is 23.1 Å². The van der Waals surface area contributed by atoms with Crippen LogP contribution in [0.25, 0.3) is 0 Å². The number of sulfonamides is 1. The van der Waals surface area contributed by atoms with E-state index in [0.717, 1.165) is 0 Å². The number of benzene rings is 1. The van der Waals surface area contributed by atoms with Crippen molar-refractivity contribution < 1.29 is 17.2 Å². The van der Waals surface area contributed by atoms with Crippen LogP contribution in [0.3, 0.4) is 0 Å². The second-order valence-corrected chi connectivity index (χ2v) is 5.90. The fourth-order valence-corrected chi connectivity index (χ4v) is 2.59. The Hall–Kier alpha value is -1.70. The van der Waals surface area contributed by atoms with Crippen LogP contribution in [0, 0.1) is 5.82 Å². The summed E-state index contributed by atoms with van der Waals surface area (Å²) < 4.78 is 44.3. The van der Waals surface area contributed by atoms with Crippen LogP contribution in [0.5, 0.6) is 0 Å². The molecule has 2 N–H and O–H groups in total. The van der Waals surface area contributed by atoms with E-state index in [2.05, 4.69) is 10.0 Å². The van der Waals surface area contributed by atoms with Crippen molar-refractivity contribution in [3.05, 3.63) is 53.5 Å². The first-order valence-corrected chi connectivity index (χ1v) is 7.47. The van der Waals surface area contributed by atoms with Gasteiger partial charge in [-0.15, -0.1) is 0 Å². The highest BCUT2D eigenvalue weighted by Crippen LogP contribution is 2.14. The van der Waals surface area contributed by atoms with Gasteiger partial charge in [-0.05, 0) is 36.9 Å². The van der Waals surface area contributed by atoms with Gasteiger partial charge in [0.15, 0.2) is 0 Å². The lowest BCUT2D eigenvalue weighted by atomic mass is 10.2. The largest absolute Gasteiger partial charge is 0.447 e. The number of rotatable bonds is 6. The van der Waals surface area contributed by atoms with Crippen molar-refractivity contribution >= 4 is 10.0 Å². The van der Waals surface area contributed by atoms with E-state index in [1.54, 1.807) is 13.1 Å². The van der Waals surface area contributed by atoms with Crippen LogP contribution in [0.1, 0.15) is 11.3 Å². The smallest absolute Gasteiger partial charge is 0.274 e. The van der Waals surface area contributed by atoms with Gasteiger partial charge in [-0.3, -0.25) is 0 Å². The molecule has 1 heterocycles. The molecule has 0 fully saturated rings. The summed E-state index contributed by atoms with van der Waals surface area (Å²) in [5.41, 5.74) is 0.664. The summed E-state index contributed by atoms with van der Waals surface area (Å²) in [5.74, 6) is 0.175. The second kappa shape index (κ2) is 6.17. The van der Waals surface area contributed by atoms with Crippen LogP contribution in [0.4, 0.5) is 4.39 Å². The van der Waals surface area contributed by atoms with E-state index >= 15 is 0 Å². The van der Waals surface area contributed by atoms with E-state index in [0.29, 0.717) is 17.9 Å². The summed E-state index contributed by atoms with van der Waals surface area (Å²) in [6.45, 7) is 0.526. The molecule has 0 radical (unpaired) electrons. The van der Waals surface area contributed by atoms with E-state index in [4.69, 9.17) is 4.42 Å². The summed E-state index contributed by atoms with van der Waals surface area (Å²) in [6, 6.07) is 8.60. The number of nitrogens with one attached hydrogen (secondary N) is 2. The standard InChI is InChI=1S/C13H15FN2O3S/c1-15-9-12-6-7-13(19-12)20(17,18)16-8-10-2-4-11(14)5-3-10/h2-7,15-16H,8-9H2,1H3. The minimum atomic E-state index is -3.70. The maximum atomic E-state index is 12.7. The van der Waals surface area contributed by atoms with Crippen molar-refractivity contribution in [3.63, 3.8) is 0 Å². The molecule has 0 amide bonds. The lowest BCUT2D eigenvalue weighted by Crippen LogP contribution is -2.22. The van der Waals surface area contributed by atoms with Gasteiger partial charge < -0.3 is 9.73 Å². The molecule has 0 atom stereocenters. The van der Waals surface area contributed by atoms with Gasteiger partial charge in [0.2, 0.25) is 5.09 Å². The van der Waals surface area contributed by atoms with E-state index in [-0.39, 0.29) is 17.5 Å². The topological polar surface area (TPSA) is 71.3 Å². The first-order valence-electron chi connectivity index (χ1n) is 5.99. The van der Waals surface area contributed by atoms with Gasteiger partial charge in [-0.1, -0.05) is 12.1 Å². The lowest BCUT2D eigenvalue weighted by Gasteiger charge is -2.04. The van der Waals surface area contributed by atoms with E-state index in [1.807, 2.05) is 0 Å². The van der Waals surface area contributed by atoms with Gasteiger partial charge in [0.25, 0.3) is 10.0 Å². The SMILES string of the molecule is CNCc1ccc(S(=O)(=O)NCc2ccc(F)cc2)o1. The predicted molar refractivity (Wildman–Crippen MR) is 71.9 cm³/mol. The molecule has 0 saturated heterocycles. The van der Waals surface area contributed by atoms with Gasteiger partial charge in [-0.25, -0.2) is 17.5 Å². The molecule has 0 unspecified atom stereocenters. The fraction of sp³-hybridized carbons (Fsp3) is 0.231. The summed E-state index contributed by atoms with van der Waals surface area (Å²) in [5, 5.41) is 2.73. The zero-order chi connectivity index (χ0) is 14.6. The Morgan fingerprint density at radius 3 is 2.45 bits per heavy atom. The molecule has 2 aromatic rings. The molecule has 0 aliphatic carbocycles. The molecule has 1 aromatic carbocycles. The third-order valence-corrected chi connectivity index (χ3v) is 3.91. The highest BCUT2D eigenvalue weighted by molar-refractivity contribution is 7.89. The summed E-state index contributed by atoms with van der Waals surface area (Å²) >= 11 is 0. The molecular formula is C13H15FN2O3S. The molecule has 0 aliphatic rings. The van der Waals surface area contributed by atoms with Crippen molar-refractivity contribution in [1.82, 2.24) is 10.0 Å². The van der Waals surface area contributed by atoms with E-state index < -0.39 is 10.0 Å². The summed E-state index contributed by atoms with van der Waals surface area (Å²) in [7, 11) is -1.96. The minimum absolute atomic E-state index is 0.0741. The Balaban J connectivity index is 2.04. The highest BCUT2D eigenvalue weighted by Gasteiger charge is 2.18. The van der Waals surface area contributed by atoms with E-state index in [1.165, 1.54) is 30.3 Å². The number of hydrogen-bond donors (Lipinski definition) is 2. The number of halogens is 1. The first-order chi connectivity index (χ1) is 9.51. The van der Waals surface area contributed by atoms with Crippen molar-refractivity contribution in [2.45, 2.75) is 18.2 Å². The van der Waals surface area contributed by atoms with Crippen molar-refractivity contribution in [1.29, 1.82) is 0 Å². The minimum Gasteiger partial charge on any atom is -0.447 e. The fourth-order valence-electron chi connectivity index (χ4n) is 1.62. The molecule has 0 spiro atoms. The third-order valence-electron chi connectivity index (χ3n) is 2.63. The van der Waals surface area contributed by atoms with Gasteiger partial charge in [0, 0.05) is 6.54 Å². The zero-order valence-corrected chi connectivity index (χ0v) is 11.7. The zero-order valence-electron chi connectivity index (χ0n) is 10.9. The molecule has 1 aromatic heterocycles. The second-order valence-electron chi connectivity index (χ2n) is 4.20. The van der Waals surface area contributed by atoms with Gasteiger partial charge in [0.05, 0.1) is 6.54 Å². The lowest BCUT2D eigenvalue weighted by molar-refractivity contribution is 0.404. The first kappa shape index (κ1) is 14.7. The maximum absolute atomic E-state index is 12.7. The summed E-state index contributed by atoms with van der Waals surface area (Å²) in [4.78, 5) is 0. The molecule has 20 heavy (non-hydrogen) atoms. The average Bonchev–Trinajstić information content (AvgIpc) is 2.88. The molecule has 0 saturated carbocycles. The Bertz CT molecular complexity index is 665. The Morgan fingerprint density at radius 1 is 1.10 bits per heavy atom. The van der Waals surface area contributed by atoms with Gasteiger partial charge >= 0.3 is 0 Å². The van der Waals surface area contributed by atoms with E-state index in [9.17, 15) is 12.8 Å². The normalized spacial score (nSPS) is 11.7. The molecule has 108 valence electrons. The van der Waals surface area contributed by atoms with Crippen LogP contribution >= 0.6 is 0 Å². The van der Waals surface area contributed by atoms with Crippen molar-refractivity contribution in [2.24, 2.45) is 0 Å². The Labute approximate surface area is 116 Å². The van der Waals surface area contributed by atoms with Crippen molar-refractivity contribution in [3.8, 4) is 0 Å². The van der Waals surface area contributed by atoms with Crippen LogP contribution < -0.4 is 10.0 Å². The van der Waals surface area contributed by atoms with Crippen LogP contribution in [-0.4, -0.2) is 15.5 Å². The monoisotopic (exact) mass is 298 g/mol. The summed E-state index contributed by atoms with van der Waals surface area (Å²) in [6.07, 6.45) is 0. The Kier molecular flexibility index (Phi) is 4.53. The molecule has 2 rings (SSSR count).